The highest BCUT2D eigenvalue weighted by atomic mass is 16.3. The molecule has 1 aromatic carbocycles. The molecule has 7 nitrogen and oxygen atoms in total. The minimum absolute atomic E-state index is 0.0429. The van der Waals surface area contributed by atoms with Crippen molar-refractivity contribution in [2.45, 2.75) is 18.5 Å². The summed E-state index contributed by atoms with van der Waals surface area (Å²) < 4.78 is 5.75. The number of hydrogen-bond donors (Lipinski definition) is 2. The molecule has 2 aromatic rings. The van der Waals surface area contributed by atoms with Crippen molar-refractivity contribution in [2.24, 2.45) is 5.73 Å². The highest BCUT2D eigenvalue weighted by Crippen LogP contribution is 2.20. The Bertz CT molecular complexity index is 754. The van der Waals surface area contributed by atoms with Crippen LogP contribution in [0.4, 0.5) is 4.79 Å². The highest BCUT2D eigenvalue weighted by molar-refractivity contribution is 5.83. The van der Waals surface area contributed by atoms with Crippen LogP contribution in [0.25, 0.3) is 11.0 Å². The van der Waals surface area contributed by atoms with Crippen molar-refractivity contribution < 1.29 is 14.0 Å². The fourth-order valence-electron chi connectivity index (χ4n) is 3.48. The summed E-state index contributed by atoms with van der Waals surface area (Å²) in [6.07, 6.45) is 0.371. The summed E-state index contributed by atoms with van der Waals surface area (Å²) in [6, 6.07) is 9.03. The minimum atomic E-state index is -0.637. The van der Waals surface area contributed by atoms with Gasteiger partial charge in [-0.1, -0.05) is 18.2 Å². The zero-order chi connectivity index (χ0) is 16.7. The maximum absolute atomic E-state index is 12.6. The van der Waals surface area contributed by atoms with E-state index < -0.39 is 6.04 Å². The predicted molar refractivity (Wildman–Crippen MR) is 88.4 cm³/mol. The number of nitrogens with one attached hydrogen (secondary N) is 1. The first-order valence-electron chi connectivity index (χ1n) is 8.18. The van der Waals surface area contributed by atoms with Gasteiger partial charge in [-0.15, -0.1) is 0 Å². The topological polar surface area (TPSA) is 91.8 Å². The van der Waals surface area contributed by atoms with Crippen molar-refractivity contribution >= 4 is 22.9 Å². The predicted octanol–water partition coefficient (Wildman–Crippen LogP) is 0.539. The molecule has 2 fully saturated rings. The number of hydrogen-bond acceptors (Lipinski definition) is 4. The van der Waals surface area contributed by atoms with Gasteiger partial charge in [0, 0.05) is 38.0 Å². The van der Waals surface area contributed by atoms with Gasteiger partial charge in [-0.2, -0.15) is 0 Å². The Hall–Kier alpha value is -2.54. The molecule has 1 aromatic heterocycles. The molecule has 3 heterocycles. The van der Waals surface area contributed by atoms with Crippen molar-refractivity contribution in [1.29, 1.82) is 0 Å². The Labute approximate surface area is 139 Å². The molecule has 3 N–H and O–H groups in total. The molecular formula is C17H20N4O3. The molecule has 0 radical (unpaired) electrons. The lowest BCUT2D eigenvalue weighted by Gasteiger charge is -2.37. The number of piperazine rings is 1. The minimum Gasteiger partial charge on any atom is -0.461 e. The van der Waals surface area contributed by atoms with Gasteiger partial charge in [0.25, 0.3) is 0 Å². The number of fused-ring (bicyclic) bond motifs is 2. The average Bonchev–Trinajstić information content (AvgIpc) is 3.16. The fraction of sp³-hybridized carbons (Fsp3) is 0.412. The highest BCUT2D eigenvalue weighted by Gasteiger charge is 2.37. The summed E-state index contributed by atoms with van der Waals surface area (Å²) in [5.41, 5.74) is 6.92. The van der Waals surface area contributed by atoms with Crippen LogP contribution in [0, 0.1) is 0 Å². The van der Waals surface area contributed by atoms with Crippen LogP contribution in [-0.2, 0) is 11.2 Å². The number of rotatable bonds is 3. The first-order chi connectivity index (χ1) is 11.6. The lowest BCUT2D eigenvalue weighted by atomic mass is 10.1. The second-order valence-electron chi connectivity index (χ2n) is 6.38. The summed E-state index contributed by atoms with van der Waals surface area (Å²) in [4.78, 5) is 27.8. The number of benzene rings is 1. The van der Waals surface area contributed by atoms with Crippen molar-refractivity contribution in [3.05, 3.63) is 36.1 Å². The van der Waals surface area contributed by atoms with Gasteiger partial charge in [-0.3, -0.25) is 4.79 Å². The van der Waals surface area contributed by atoms with Gasteiger partial charge in [0.05, 0.1) is 12.1 Å². The van der Waals surface area contributed by atoms with E-state index >= 15 is 0 Å². The molecule has 2 aliphatic rings. The summed E-state index contributed by atoms with van der Waals surface area (Å²) in [7, 11) is 0. The zero-order valence-electron chi connectivity index (χ0n) is 13.3. The van der Waals surface area contributed by atoms with Gasteiger partial charge >= 0.3 is 6.03 Å². The van der Waals surface area contributed by atoms with Gasteiger partial charge < -0.3 is 25.3 Å². The quantitative estimate of drug-likeness (QED) is 0.860. The molecule has 0 spiro atoms. The Morgan fingerprint density at radius 2 is 2.21 bits per heavy atom. The monoisotopic (exact) mass is 328 g/mol. The third-order valence-electron chi connectivity index (χ3n) is 4.76. The Kier molecular flexibility index (Phi) is 3.65. The van der Waals surface area contributed by atoms with E-state index in [1.54, 1.807) is 9.80 Å². The largest absolute Gasteiger partial charge is 0.461 e. The van der Waals surface area contributed by atoms with Crippen LogP contribution in [0.3, 0.4) is 0 Å². The van der Waals surface area contributed by atoms with Crippen LogP contribution in [-0.4, -0.2) is 60.0 Å². The Morgan fingerprint density at radius 3 is 3.04 bits per heavy atom. The van der Waals surface area contributed by atoms with Crippen LogP contribution in [0.5, 0.6) is 0 Å². The van der Waals surface area contributed by atoms with Gasteiger partial charge in [0.15, 0.2) is 0 Å². The van der Waals surface area contributed by atoms with Crippen LogP contribution in [0.15, 0.2) is 34.7 Å². The molecular weight excluding hydrogens is 308 g/mol. The lowest BCUT2D eigenvalue weighted by Crippen LogP contribution is -2.57. The number of urea groups is 1. The molecule has 2 saturated heterocycles. The van der Waals surface area contributed by atoms with E-state index in [-0.39, 0.29) is 18.0 Å². The van der Waals surface area contributed by atoms with Crippen molar-refractivity contribution in [1.82, 2.24) is 15.1 Å². The molecule has 126 valence electrons. The van der Waals surface area contributed by atoms with Crippen molar-refractivity contribution in [3.8, 4) is 0 Å². The SMILES string of the molecule is NC(Cc1cc2ccccc2o1)C(=O)N1CCN2C(=O)NCC2C1. The number of nitrogens with two attached hydrogens (primary N) is 1. The van der Waals surface area contributed by atoms with Gasteiger partial charge in [-0.05, 0) is 12.1 Å². The summed E-state index contributed by atoms with van der Waals surface area (Å²) >= 11 is 0. The Balaban J connectivity index is 1.41. The molecule has 0 aliphatic carbocycles. The van der Waals surface area contributed by atoms with E-state index in [9.17, 15) is 9.59 Å². The number of nitrogens with zero attached hydrogens (tertiary/aromatic N) is 2. The van der Waals surface area contributed by atoms with Crippen LogP contribution in [0.2, 0.25) is 0 Å². The van der Waals surface area contributed by atoms with Crippen LogP contribution in [0.1, 0.15) is 5.76 Å². The molecule has 2 unspecified atom stereocenters. The van der Waals surface area contributed by atoms with E-state index in [2.05, 4.69) is 5.32 Å². The maximum atomic E-state index is 12.6. The molecule has 7 heteroatoms. The third-order valence-corrected chi connectivity index (χ3v) is 4.76. The fourth-order valence-corrected chi connectivity index (χ4v) is 3.48. The zero-order valence-corrected chi connectivity index (χ0v) is 13.3. The second kappa shape index (κ2) is 5.83. The lowest BCUT2D eigenvalue weighted by molar-refractivity contribution is -0.134. The van der Waals surface area contributed by atoms with E-state index in [1.165, 1.54) is 0 Å². The Morgan fingerprint density at radius 1 is 1.38 bits per heavy atom. The third kappa shape index (κ3) is 2.60. The first kappa shape index (κ1) is 15.0. The average molecular weight is 328 g/mol. The summed E-state index contributed by atoms with van der Waals surface area (Å²) in [5.74, 6) is 0.628. The number of carbonyl (C=O) groups is 2. The second-order valence-corrected chi connectivity index (χ2v) is 6.38. The molecule has 2 atom stereocenters. The first-order valence-corrected chi connectivity index (χ1v) is 8.18. The van der Waals surface area contributed by atoms with Crippen LogP contribution >= 0.6 is 0 Å². The number of furan rings is 1. The van der Waals surface area contributed by atoms with Crippen molar-refractivity contribution in [2.75, 3.05) is 26.2 Å². The van der Waals surface area contributed by atoms with E-state index in [4.69, 9.17) is 10.2 Å². The van der Waals surface area contributed by atoms with E-state index in [0.29, 0.717) is 38.4 Å². The maximum Gasteiger partial charge on any atom is 0.317 e. The molecule has 24 heavy (non-hydrogen) atoms. The van der Waals surface area contributed by atoms with E-state index in [1.807, 2.05) is 30.3 Å². The van der Waals surface area contributed by atoms with Crippen molar-refractivity contribution in [3.63, 3.8) is 0 Å². The molecule has 2 aliphatic heterocycles. The molecule has 0 bridgehead atoms. The smallest absolute Gasteiger partial charge is 0.317 e. The number of carbonyl (C=O) groups excluding carboxylic acids is 2. The summed E-state index contributed by atoms with van der Waals surface area (Å²) in [6.45, 7) is 2.20. The van der Waals surface area contributed by atoms with Crippen LogP contribution < -0.4 is 11.1 Å². The van der Waals surface area contributed by atoms with E-state index in [0.717, 1.165) is 11.0 Å². The van der Waals surface area contributed by atoms with Gasteiger partial charge in [-0.25, -0.2) is 4.79 Å². The normalized spacial score (nSPS) is 21.7. The molecule has 0 saturated carbocycles. The number of para-hydroxylation sites is 1. The molecule has 4 rings (SSSR count). The standard InChI is InChI=1S/C17H20N4O3/c18-14(8-13-7-11-3-1-2-4-15(11)24-13)16(22)20-5-6-21-12(10-20)9-19-17(21)23/h1-4,7,12,14H,5-6,8-10,18H2,(H,19,23). The number of amides is 3. The summed E-state index contributed by atoms with van der Waals surface area (Å²) in [5, 5.41) is 3.82. The molecule has 3 amide bonds. The van der Waals surface area contributed by atoms with Gasteiger partial charge in [0.1, 0.15) is 11.3 Å². The van der Waals surface area contributed by atoms with Gasteiger partial charge in [0.2, 0.25) is 5.91 Å².